The molecule has 1 aromatic heterocycles. The van der Waals surface area contributed by atoms with E-state index in [1.165, 1.54) is 0 Å². The van der Waals surface area contributed by atoms with Crippen LogP contribution in [0, 0.1) is 6.92 Å². The third kappa shape index (κ3) is 2.00. The fourth-order valence-electron chi connectivity index (χ4n) is 2.42. The highest BCUT2D eigenvalue weighted by Gasteiger charge is 2.51. The summed E-state index contributed by atoms with van der Waals surface area (Å²) in [5.74, 6) is 0.697. The molecule has 0 radical (unpaired) electrons. The third-order valence-corrected chi connectivity index (χ3v) is 3.56. The molecule has 1 saturated carbocycles. The molecule has 2 aromatic rings. The Labute approximate surface area is 111 Å². The summed E-state index contributed by atoms with van der Waals surface area (Å²) in [5.41, 5.74) is 5.05. The van der Waals surface area contributed by atoms with Crippen LogP contribution in [0.1, 0.15) is 24.3 Å². The molecule has 0 bridgehead atoms. The van der Waals surface area contributed by atoms with E-state index in [1.807, 2.05) is 39.2 Å². The molecule has 5 heteroatoms. The lowest BCUT2D eigenvalue weighted by molar-refractivity contribution is -0.127. The van der Waals surface area contributed by atoms with Crippen molar-refractivity contribution in [2.24, 2.45) is 0 Å². The Morgan fingerprint density at radius 2 is 2.16 bits per heavy atom. The average molecular weight is 259 g/mol. The molecule has 1 fully saturated rings. The molecule has 0 atom stereocenters. The first kappa shape index (κ1) is 12.2. The van der Waals surface area contributed by atoms with Gasteiger partial charge in [0.15, 0.2) is 11.5 Å². The van der Waals surface area contributed by atoms with Gasteiger partial charge in [0, 0.05) is 21.0 Å². The number of hydrazine groups is 1. The number of carbonyl (C=O) groups is 1. The number of aryl methyl sites for hydroxylation is 1. The number of oxazole rings is 1. The third-order valence-electron chi connectivity index (χ3n) is 3.56. The highest BCUT2D eigenvalue weighted by atomic mass is 16.3. The van der Waals surface area contributed by atoms with Crippen molar-refractivity contribution in [3.05, 3.63) is 29.7 Å². The largest absolute Gasteiger partial charge is 0.441 e. The van der Waals surface area contributed by atoms with Crippen LogP contribution in [0.15, 0.2) is 22.6 Å². The van der Waals surface area contributed by atoms with Gasteiger partial charge in [0.05, 0.1) is 5.41 Å². The van der Waals surface area contributed by atoms with Gasteiger partial charge in [-0.3, -0.25) is 10.2 Å². The van der Waals surface area contributed by atoms with Crippen LogP contribution < -0.4 is 5.43 Å². The van der Waals surface area contributed by atoms with Crippen molar-refractivity contribution in [1.82, 2.24) is 15.4 Å². The Balaban J connectivity index is 1.97. The van der Waals surface area contributed by atoms with Gasteiger partial charge in [0.25, 0.3) is 0 Å². The number of amides is 1. The predicted molar refractivity (Wildman–Crippen MR) is 71.5 cm³/mol. The van der Waals surface area contributed by atoms with E-state index in [0.717, 1.165) is 29.5 Å². The fraction of sp³-hybridized carbons (Fsp3) is 0.429. The van der Waals surface area contributed by atoms with Gasteiger partial charge in [-0.2, -0.15) is 0 Å². The zero-order valence-corrected chi connectivity index (χ0v) is 11.4. The van der Waals surface area contributed by atoms with Crippen molar-refractivity contribution in [2.45, 2.75) is 25.2 Å². The highest BCUT2D eigenvalue weighted by molar-refractivity contribution is 5.92. The second kappa shape index (κ2) is 4.06. The summed E-state index contributed by atoms with van der Waals surface area (Å²) in [7, 11) is 3.63. The fourth-order valence-corrected chi connectivity index (χ4v) is 2.42. The quantitative estimate of drug-likeness (QED) is 0.853. The van der Waals surface area contributed by atoms with E-state index in [9.17, 15) is 4.79 Å². The molecule has 0 saturated heterocycles. The molecule has 1 aliphatic rings. The number of fused-ring (bicyclic) bond motifs is 1. The number of carbonyl (C=O) groups excluding carboxylic acids is 1. The van der Waals surface area contributed by atoms with Gasteiger partial charge in [-0.1, -0.05) is 6.07 Å². The molecule has 3 rings (SSSR count). The monoisotopic (exact) mass is 259 g/mol. The number of benzene rings is 1. The molecule has 1 N–H and O–H groups in total. The molecule has 1 aromatic carbocycles. The van der Waals surface area contributed by atoms with Crippen molar-refractivity contribution in [1.29, 1.82) is 0 Å². The van der Waals surface area contributed by atoms with Gasteiger partial charge in [-0.15, -0.1) is 0 Å². The van der Waals surface area contributed by atoms with Gasteiger partial charge in [0.2, 0.25) is 5.91 Å². The average Bonchev–Trinajstić information content (AvgIpc) is 3.05. The Kier molecular flexibility index (Phi) is 2.60. The standard InChI is InChI=1S/C14H17N3O2/c1-9-15-11-5-4-10(8-12(11)19-9)14(6-7-14)13(18)16-17(2)3/h4-5,8H,6-7H2,1-3H3,(H,16,18). The zero-order valence-electron chi connectivity index (χ0n) is 11.4. The summed E-state index contributed by atoms with van der Waals surface area (Å²) < 4.78 is 5.54. The number of hydrogen-bond donors (Lipinski definition) is 1. The summed E-state index contributed by atoms with van der Waals surface area (Å²) in [6, 6.07) is 5.84. The molecule has 1 aliphatic carbocycles. The minimum atomic E-state index is -0.390. The molecule has 19 heavy (non-hydrogen) atoms. The number of nitrogens with one attached hydrogen (secondary N) is 1. The molecular formula is C14H17N3O2. The first-order valence-corrected chi connectivity index (χ1v) is 6.37. The van der Waals surface area contributed by atoms with Crippen LogP contribution in [0.2, 0.25) is 0 Å². The van der Waals surface area contributed by atoms with Crippen molar-refractivity contribution < 1.29 is 9.21 Å². The van der Waals surface area contributed by atoms with E-state index in [2.05, 4.69) is 10.4 Å². The van der Waals surface area contributed by atoms with Crippen LogP contribution in [-0.2, 0) is 10.2 Å². The van der Waals surface area contributed by atoms with Crippen LogP contribution in [0.25, 0.3) is 11.1 Å². The van der Waals surface area contributed by atoms with Gasteiger partial charge < -0.3 is 4.42 Å². The second-order valence-electron chi connectivity index (χ2n) is 5.33. The number of aromatic nitrogens is 1. The molecule has 0 aliphatic heterocycles. The molecule has 0 unspecified atom stereocenters. The van der Waals surface area contributed by atoms with Crippen molar-refractivity contribution in [2.75, 3.05) is 14.1 Å². The van der Waals surface area contributed by atoms with E-state index < -0.39 is 0 Å². The topological polar surface area (TPSA) is 58.4 Å². The summed E-state index contributed by atoms with van der Waals surface area (Å²) in [4.78, 5) is 16.6. The van der Waals surface area contributed by atoms with Crippen LogP contribution in [0.5, 0.6) is 0 Å². The zero-order chi connectivity index (χ0) is 13.6. The van der Waals surface area contributed by atoms with Crippen LogP contribution in [-0.4, -0.2) is 30.0 Å². The van der Waals surface area contributed by atoms with Gasteiger partial charge in [-0.05, 0) is 30.5 Å². The number of rotatable bonds is 3. The summed E-state index contributed by atoms with van der Waals surface area (Å²) in [5, 5.41) is 1.68. The van der Waals surface area contributed by atoms with E-state index in [0.29, 0.717) is 5.89 Å². The lowest BCUT2D eigenvalue weighted by atomic mass is 9.95. The van der Waals surface area contributed by atoms with Gasteiger partial charge >= 0.3 is 0 Å². The highest BCUT2D eigenvalue weighted by Crippen LogP contribution is 2.49. The molecule has 1 heterocycles. The predicted octanol–water partition coefficient (Wildman–Crippen LogP) is 1.76. The Morgan fingerprint density at radius 1 is 1.42 bits per heavy atom. The first-order valence-electron chi connectivity index (χ1n) is 6.37. The maximum Gasteiger partial charge on any atom is 0.244 e. The maximum absolute atomic E-state index is 12.3. The van der Waals surface area contributed by atoms with Crippen molar-refractivity contribution >= 4 is 17.0 Å². The minimum absolute atomic E-state index is 0.0492. The van der Waals surface area contributed by atoms with E-state index in [4.69, 9.17) is 4.42 Å². The summed E-state index contributed by atoms with van der Waals surface area (Å²) in [6.07, 6.45) is 1.76. The molecule has 1 amide bonds. The lowest BCUT2D eigenvalue weighted by Crippen LogP contribution is -2.42. The summed E-state index contributed by atoms with van der Waals surface area (Å²) in [6.45, 7) is 1.82. The maximum atomic E-state index is 12.3. The van der Waals surface area contributed by atoms with Crippen LogP contribution in [0.3, 0.4) is 0 Å². The van der Waals surface area contributed by atoms with E-state index in [-0.39, 0.29) is 11.3 Å². The molecule has 0 spiro atoms. The Hall–Kier alpha value is -1.88. The Bertz CT molecular complexity index is 641. The van der Waals surface area contributed by atoms with E-state index in [1.54, 1.807) is 5.01 Å². The Morgan fingerprint density at radius 3 is 2.79 bits per heavy atom. The van der Waals surface area contributed by atoms with Crippen LogP contribution >= 0.6 is 0 Å². The molecule has 5 nitrogen and oxygen atoms in total. The van der Waals surface area contributed by atoms with Crippen LogP contribution in [0.4, 0.5) is 0 Å². The lowest BCUT2D eigenvalue weighted by Gasteiger charge is -2.19. The van der Waals surface area contributed by atoms with Gasteiger partial charge in [-0.25, -0.2) is 9.99 Å². The van der Waals surface area contributed by atoms with Gasteiger partial charge in [0.1, 0.15) is 5.52 Å². The smallest absolute Gasteiger partial charge is 0.244 e. The normalized spacial score (nSPS) is 16.8. The number of hydrogen-bond acceptors (Lipinski definition) is 4. The summed E-state index contributed by atoms with van der Waals surface area (Å²) >= 11 is 0. The van der Waals surface area contributed by atoms with Crippen molar-refractivity contribution in [3.8, 4) is 0 Å². The van der Waals surface area contributed by atoms with E-state index >= 15 is 0 Å². The minimum Gasteiger partial charge on any atom is -0.441 e. The molecule has 100 valence electrons. The SMILES string of the molecule is Cc1nc2ccc(C3(C(=O)NN(C)C)CC3)cc2o1. The second-order valence-corrected chi connectivity index (χ2v) is 5.33. The van der Waals surface area contributed by atoms with Crippen molar-refractivity contribution in [3.63, 3.8) is 0 Å². The molecular weight excluding hydrogens is 242 g/mol. The first-order chi connectivity index (χ1) is 9.01. The number of nitrogens with zero attached hydrogens (tertiary/aromatic N) is 2.